The van der Waals surface area contributed by atoms with Gasteiger partial charge in [0.05, 0.1) is 22.2 Å². The molecule has 0 bridgehead atoms. The molecule has 10 aromatic rings. The predicted molar refractivity (Wildman–Crippen MR) is 241 cm³/mol. The molecular weight excluding hydrogens is 747 g/mol. The second-order valence-corrected chi connectivity index (χ2v) is 14.2. The Morgan fingerprint density at radius 2 is 0.850 bits per heavy atom. The molecule has 0 amide bonds. The second kappa shape index (κ2) is 16.2. The van der Waals surface area contributed by atoms with Gasteiger partial charge in [0.25, 0.3) is 0 Å². The van der Waals surface area contributed by atoms with E-state index >= 15 is 0 Å². The highest BCUT2D eigenvalue weighted by molar-refractivity contribution is 6.02. The zero-order valence-electron chi connectivity index (χ0n) is 32.5. The summed E-state index contributed by atoms with van der Waals surface area (Å²) in [7, 11) is 0. The van der Waals surface area contributed by atoms with Crippen molar-refractivity contribution in [1.82, 2.24) is 30.4 Å². The quantitative estimate of drug-likeness (QED) is 0.0937. The minimum Gasteiger partial charge on any atom is -0.457 e. The molecule has 60 heavy (non-hydrogen) atoms. The number of para-hydroxylation sites is 2. The van der Waals surface area contributed by atoms with Crippen LogP contribution in [0.5, 0.6) is 23.0 Å². The molecule has 6 aromatic carbocycles. The number of pyridine rings is 2. The Morgan fingerprint density at radius 3 is 1.30 bits per heavy atom. The fourth-order valence-electron chi connectivity index (χ4n) is 7.00. The Morgan fingerprint density at radius 1 is 0.417 bits per heavy atom. The lowest BCUT2D eigenvalue weighted by atomic mass is 9.99. The van der Waals surface area contributed by atoms with E-state index < -0.39 is 0 Å². The van der Waals surface area contributed by atoms with E-state index in [1.807, 2.05) is 146 Å². The molecule has 292 valence electrons. The molecule has 0 saturated carbocycles. The number of benzene rings is 6. The molecule has 4 aromatic heterocycles. The fourth-order valence-corrected chi connectivity index (χ4v) is 7.00. The number of nitrogens with one attached hydrogen (secondary N) is 2. The van der Waals surface area contributed by atoms with Gasteiger partial charge in [-0.1, -0.05) is 96.6 Å². The second-order valence-electron chi connectivity index (χ2n) is 14.2. The number of nitrogens with zero attached hydrogens (tertiary/aromatic N) is 4. The van der Waals surface area contributed by atoms with Crippen molar-refractivity contribution in [3.63, 3.8) is 0 Å². The van der Waals surface area contributed by atoms with E-state index in [-0.39, 0.29) is 0 Å². The van der Waals surface area contributed by atoms with Crippen LogP contribution < -0.4 is 26.7 Å². The number of nitrogen functional groups attached to an aromatic ring is 3. The van der Waals surface area contributed by atoms with Gasteiger partial charge in [0, 0.05) is 16.8 Å². The third-order valence-electron chi connectivity index (χ3n) is 9.89. The average Bonchev–Trinajstić information content (AvgIpc) is 3.86. The number of fused-ring (bicyclic) bond motifs is 2. The zero-order valence-corrected chi connectivity index (χ0v) is 32.5. The van der Waals surface area contributed by atoms with Crippen LogP contribution in [0.3, 0.4) is 0 Å². The highest BCUT2D eigenvalue weighted by Crippen LogP contribution is 2.37. The summed E-state index contributed by atoms with van der Waals surface area (Å²) in [6, 6.07) is 55.2. The minimum atomic E-state index is 0.483. The number of aryl methyl sites for hydroxylation is 1. The summed E-state index contributed by atoms with van der Waals surface area (Å²) in [5, 5.41) is 15.9. The van der Waals surface area contributed by atoms with Gasteiger partial charge in [0.1, 0.15) is 34.6 Å². The van der Waals surface area contributed by atoms with Gasteiger partial charge >= 0.3 is 0 Å². The topological polar surface area (TPSA) is 180 Å². The van der Waals surface area contributed by atoms with Gasteiger partial charge in [-0.15, -0.1) is 0 Å². The highest BCUT2D eigenvalue weighted by atomic mass is 16.5. The van der Waals surface area contributed by atoms with Crippen LogP contribution in [0.2, 0.25) is 0 Å². The number of rotatable bonds is 8. The largest absolute Gasteiger partial charge is 0.457 e. The smallest absolute Gasteiger partial charge is 0.184 e. The molecular formula is C49H39N9O2. The maximum atomic E-state index is 6.18. The molecule has 0 spiro atoms. The van der Waals surface area contributed by atoms with Gasteiger partial charge in [-0.3, -0.25) is 10.2 Å². The monoisotopic (exact) mass is 785 g/mol. The van der Waals surface area contributed by atoms with Crippen molar-refractivity contribution >= 4 is 39.4 Å². The van der Waals surface area contributed by atoms with Gasteiger partial charge in [0.15, 0.2) is 11.3 Å². The molecule has 11 nitrogen and oxygen atoms in total. The van der Waals surface area contributed by atoms with Gasteiger partial charge < -0.3 is 26.7 Å². The van der Waals surface area contributed by atoms with E-state index in [4.69, 9.17) is 31.7 Å². The molecule has 8 N–H and O–H groups in total. The van der Waals surface area contributed by atoms with E-state index in [0.29, 0.717) is 28.6 Å². The lowest BCUT2D eigenvalue weighted by molar-refractivity contribution is 0.482. The Labute approximate surface area is 345 Å². The molecule has 0 aliphatic rings. The van der Waals surface area contributed by atoms with Gasteiger partial charge in [0.2, 0.25) is 0 Å². The number of aromatic amines is 2. The summed E-state index contributed by atoms with van der Waals surface area (Å²) >= 11 is 0. The number of hydrogen-bond acceptors (Lipinski definition) is 9. The standard InChI is InChI=1S/C25H20N4O.C24H19N5O/c1-16-6-5-7-18(14-16)22-15-21(23-24(26)28-29-25(23)27-22)17-10-12-20(13-11-17)30-19-8-3-2-4-9-19;25-17-6-4-5-16(13-17)21-14-20(22-23(26)28-29-24(22)27-21)15-9-11-19(12-10-15)30-18-7-2-1-3-8-18/h2-15H,1H3,(H3,26,27,28,29);1-14H,25H2,(H3,26,27,28,29). The first-order valence-corrected chi connectivity index (χ1v) is 19.2. The summed E-state index contributed by atoms with van der Waals surface area (Å²) in [5.74, 6) is 4.11. The summed E-state index contributed by atoms with van der Waals surface area (Å²) in [6.07, 6.45) is 0. The zero-order chi connectivity index (χ0) is 41.0. The Balaban J connectivity index is 0.000000154. The fraction of sp³-hybridized carbons (Fsp3) is 0.0204. The van der Waals surface area contributed by atoms with Gasteiger partial charge in [-0.2, -0.15) is 10.2 Å². The molecule has 0 radical (unpaired) electrons. The summed E-state index contributed by atoms with van der Waals surface area (Å²) < 4.78 is 11.8. The van der Waals surface area contributed by atoms with Crippen LogP contribution in [0.25, 0.3) is 66.8 Å². The Kier molecular flexibility index (Phi) is 10.0. The number of hydrogen-bond donors (Lipinski definition) is 5. The number of aromatic nitrogens is 6. The SMILES string of the molecule is Cc1cccc(-c2cc(-c3ccc(Oc4ccccc4)cc3)c3c(N)[nH]nc3n2)c1.Nc1cccc(-c2cc(-c3ccc(Oc4ccccc4)cc3)c3c(N)[nH]nc3n2)c1. The molecule has 0 atom stereocenters. The number of nitrogens with two attached hydrogens (primary N) is 3. The molecule has 0 saturated heterocycles. The van der Waals surface area contributed by atoms with Crippen LogP contribution in [0.1, 0.15) is 5.56 Å². The molecule has 0 fully saturated rings. The number of H-pyrrole nitrogens is 2. The lowest BCUT2D eigenvalue weighted by Gasteiger charge is -2.10. The van der Waals surface area contributed by atoms with Crippen molar-refractivity contribution in [1.29, 1.82) is 0 Å². The molecule has 10 rings (SSSR count). The van der Waals surface area contributed by atoms with Crippen LogP contribution in [0.15, 0.2) is 170 Å². The van der Waals surface area contributed by atoms with Crippen molar-refractivity contribution in [3.05, 3.63) is 175 Å². The van der Waals surface area contributed by atoms with E-state index in [1.54, 1.807) is 0 Å². The molecule has 0 unspecified atom stereocenters. The average molecular weight is 786 g/mol. The molecule has 4 heterocycles. The van der Waals surface area contributed by atoms with E-state index in [0.717, 1.165) is 78.5 Å². The first kappa shape index (κ1) is 37.2. The number of anilines is 3. The molecule has 0 aliphatic carbocycles. The van der Waals surface area contributed by atoms with E-state index in [2.05, 4.69) is 56.6 Å². The van der Waals surface area contributed by atoms with Crippen molar-refractivity contribution in [2.45, 2.75) is 6.92 Å². The third kappa shape index (κ3) is 7.91. The van der Waals surface area contributed by atoms with Crippen molar-refractivity contribution in [2.24, 2.45) is 0 Å². The maximum absolute atomic E-state index is 6.18. The van der Waals surface area contributed by atoms with Crippen molar-refractivity contribution in [3.8, 4) is 67.8 Å². The van der Waals surface area contributed by atoms with E-state index in [1.165, 1.54) is 5.56 Å². The molecule has 0 aliphatic heterocycles. The van der Waals surface area contributed by atoms with Crippen LogP contribution in [0, 0.1) is 6.92 Å². The van der Waals surface area contributed by atoms with Crippen LogP contribution in [-0.2, 0) is 0 Å². The summed E-state index contributed by atoms with van der Waals surface area (Å²) in [6.45, 7) is 2.07. The molecule has 11 heteroatoms. The normalized spacial score (nSPS) is 10.9. The highest BCUT2D eigenvalue weighted by Gasteiger charge is 2.17. The summed E-state index contributed by atoms with van der Waals surface area (Å²) in [5.41, 5.74) is 28.8. The number of ether oxygens (including phenoxy) is 2. The van der Waals surface area contributed by atoms with Gasteiger partial charge in [-0.25, -0.2) is 9.97 Å². The Hall–Kier alpha value is -8.44. The lowest BCUT2D eigenvalue weighted by Crippen LogP contribution is -1.92. The first-order chi connectivity index (χ1) is 29.3. The van der Waals surface area contributed by atoms with Crippen molar-refractivity contribution in [2.75, 3.05) is 17.2 Å². The van der Waals surface area contributed by atoms with Crippen LogP contribution in [0.4, 0.5) is 17.3 Å². The minimum absolute atomic E-state index is 0.483. The van der Waals surface area contributed by atoms with Crippen LogP contribution in [-0.4, -0.2) is 30.4 Å². The third-order valence-corrected chi connectivity index (χ3v) is 9.89. The van der Waals surface area contributed by atoms with Crippen LogP contribution >= 0.6 is 0 Å². The first-order valence-electron chi connectivity index (χ1n) is 19.2. The van der Waals surface area contributed by atoms with Crippen molar-refractivity contribution < 1.29 is 9.47 Å². The summed E-state index contributed by atoms with van der Waals surface area (Å²) in [4.78, 5) is 9.38. The van der Waals surface area contributed by atoms with E-state index in [9.17, 15) is 0 Å². The predicted octanol–water partition coefficient (Wildman–Crippen LogP) is 11.2. The Bertz CT molecular complexity index is 2860. The van der Waals surface area contributed by atoms with Gasteiger partial charge in [-0.05, 0) is 108 Å². The maximum Gasteiger partial charge on any atom is 0.184 e.